The van der Waals surface area contributed by atoms with Crippen molar-refractivity contribution < 1.29 is 41.0 Å². The summed E-state index contributed by atoms with van der Waals surface area (Å²) in [6.07, 6.45) is -6.10. The highest BCUT2D eigenvalue weighted by Crippen LogP contribution is 2.36. The first-order valence-electron chi connectivity index (χ1n) is 4.75. The Balaban J connectivity index is 3.03. The zero-order chi connectivity index (χ0) is 15.7. The van der Waals surface area contributed by atoms with Crippen LogP contribution in [0.5, 0.6) is 0 Å². The third kappa shape index (κ3) is 3.00. The summed E-state index contributed by atoms with van der Waals surface area (Å²) >= 11 is 0. The van der Waals surface area contributed by atoms with Crippen molar-refractivity contribution in [2.75, 3.05) is 5.32 Å². The number of amides is 1. The van der Waals surface area contributed by atoms with Crippen LogP contribution in [-0.4, -0.2) is 29.1 Å². The molecule has 0 saturated heterocycles. The minimum Gasteiger partial charge on any atom is -0.478 e. The van der Waals surface area contributed by atoms with Gasteiger partial charge in [0.05, 0.1) is 5.56 Å². The van der Waals surface area contributed by atoms with Gasteiger partial charge in [0.1, 0.15) is 5.82 Å². The van der Waals surface area contributed by atoms with Crippen molar-refractivity contribution in [1.82, 2.24) is 0 Å². The molecule has 20 heavy (non-hydrogen) atoms. The number of halogens is 6. The van der Waals surface area contributed by atoms with Gasteiger partial charge in [-0.3, -0.25) is 4.79 Å². The molecule has 0 aromatic heterocycles. The number of carboxylic acid groups (broad SMARTS) is 1. The van der Waals surface area contributed by atoms with Crippen LogP contribution in [0.3, 0.4) is 0 Å². The smallest absolute Gasteiger partial charge is 0.463 e. The molecule has 0 saturated carbocycles. The standard InChI is InChI=1S/C10H5F6NO3/c11-6-2-1-4(3-5(6)7(18)19)17-8(20)9(12,13)10(14,15)16/h1-3H,(H,17,20)(H,18,19). The van der Waals surface area contributed by atoms with Crippen LogP contribution in [0.25, 0.3) is 0 Å². The molecule has 1 aromatic carbocycles. The second-order valence-corrected chi connectivity index (χ2v) is 3.53. The van der Waals surface area contributed by atoms with Gasteiger partial charge in [0.15, 0.2) is 0 Å². The number of carboxylic acids is 1. The summed E-state index contributed by atoms with van der Waals surface area (Å²) in [7, 11) is 0. The van der Waals surface area contributed by atoms with E-state index in [9.17, 15) is 35.9 Å². The fraction of sp³-hybridized carbons (Fsp3) is 0.200. The van der Waals surface area contributed by atoms with Crippen LogP contribution in [0.1, 0.15) is 10.4 Å². The maximum Gasteiger partial charge on any atom is 0.463 e. The highest BCUT2D eigenvalue weighted by molar-refractivity contribution is 5.98. The van der Waals surface area contributed by atoms with Gasteiger partial charge < -0.3 is 10.4 Å². The first kappa shape index (κ1) is 15.8. The lowest BCUT2D eigenvalue weighted by molar-refractivity contribution is -0.267. The molecule has 0 aliphatic carbocycles. The number of anilines is 1. The van der Waals surface area contributed by atoms with Gasteiger partial charge in [0.2, 0.25) is 0 Å². The maximum atomic E-state index is 13.0. The van der Waals surface area contributed by atoms with Crippen LogP contribution < -0.4 is 5.32 Å². The lowest BCUT2D eigenvalue weighted by Gasteiger charge is -2.18. The van der Waals surface area contributed by atoms with Gasteiger partial charge in [-0.05, 0) is 18.2 Å². The van der Waals surface area contributed by atoms with E-state index in [1.54, 1.807) is 0 Å². The second-order valence-electron chi connectivity index (χ2n) is 3.53. The number of hydrogen-bond donors (Lipinski definition) is 2. The Morgan fingerprint density at radius 3 is 2.10 bits per heavy atom. The molecule has 10 heteroatoms. The fourth-order valence-electron chi connectivity index (χ4n) is 1.11. The third-order valence-electron chi connectivity index (χ3n) is 2.10. The molecule has 1 amide bonds. The van der Waals surface area contributed by atoms with Crippen molar-refractivity contribution in [1.29, 1.82) is 0 Å². The first-order chi connectivity index (χ1) is 8.96. The Labute approximate surface area is 107 Å². The van der Waals surface area contributed by atoms with Crippen LogP contribution >= 0.6 is 0 Å². The summed E-state index contributed by atoms with van der Waals surface area (Å²) in [6, 6.07) is 1.57. The third-order valence-corrected chi connectivity index (χ3v) is 2.10. The number of nitrogens with one attached hydrogen (secondary N) is 1. The molecular formula is C10H5F6NO3. The summed E-state index contributed by atoms with van der Waals surface area (Å²) in [4.78, 5) is 21.4. The lowest BCUT2D eigenvalue weighted by Crippen LogP contribution is -2.47. The summed E-state index contributed by atoms with van der Waals surface area (Å²) in [5.74, 6) is -11.4. The Bertz CT molecular complexity index is 554. The van der Waals surface area contributed by atoms with Crippen LogP contribution in [0, 0.1) is 5.82 Å². The number of rotatable bonds is 3. The van der Waals surface area contributed by atoms with Crippen molar-refractivity contribution in [3.8, 4) is 0 Å². The van der Waals surface area contributed by atoms with Gasteiger partial charge in [-0.1, -0.05) is 0 Å². The molecule has 0 aliphatic heterocycles. The summed E-state index contributed by atoms with van der Waals surface area (Å²) in [5, 5.41) is 9.70. The molecular weight excluding hydrogens is 296 g/mol. The number of alkyl halides is 5. The van der Waals surface area contributed by atoms with Crippen LogP contribution in [0.2, 0.25) is 0 Å². The minimum atomic E-state index is -6.10. The Kier molecular flexibility index (Phi) is 3.97. The van der Waals surface area contributed by atoms with Gasteiger partial charge in [-0.2, -0.15) is 22.0 Å². The molecule has 0 atom stereocenters. The largest absolute Gasteiger partial charge is 0.478 e. The molecule has 0 fully saturated rings. The molecule has 4 nitrogen and oxygen atoms in total. The van der Waals surface area contributed by atoms with Crippen molar-refractivity contribution >= 4 is 17.6 Å². The van der Waals surface area contributed by atoms with E-state index in [-0.39, 0.29) is 0 Å². The number of carbonyl (C=O) groups excluding carboxylic acids is 1. The highest BCUT2D eigenvalue weighted by atomic mass is 19.4. The Morgan fingerprint density at radius 1 is 1.10 bits per heavy atom. The van der Waals surface area contributed by atoms with Gasteiger partial charge in [-0.15, -0.1) is 0 Å². The molecule has 0 spiro atoms. The van der Waals surface area contributed by atoms with Gasteiger partial charge >= 0.3 is 24.0 Å². The fourth-order valence-corrected chi connectivity index (χ4v) is 1.11. The molecule has 2 N–H and O–H groups in total. The number of hydrogen-bond acceptors (Lipinski definition) is 2. The van der Waals surface area contributed by atoms with E-state index in [1.165, 1.54) is 5.32 Å². The number of aromatic carboxylic acids is 1. The van der Waals surface area contributed by atoms with Crippen LogP contribution in [-0.2, 0) is 4.79 Å². The van der Waals surface area contributed by atoms with Crippen molar-refractivity contribution in [3.05, 3.63) is 29.6 Å². The number of carbonyl (C=O) groups is 2. The van der Waals surface area contributed by atoms with E-state index >= 15 is 0 Å². The van der Waals surface area contributed by atoms with Gasteiger partial charge in [0, 0.05) is 5.69 Å². The summed E-state index contributed by atoms with van der Waals surface area (Å²) in [5.41, 5.74) is -1.70. The monoisotopic (exact) mass is 301 g/mol. The highest BCUT2D eigenvalue weighted by Gasteiger charge is 2.63. The quantitative estimate of drug-likeness (QED) is 0.843. The zero-order valence-electron chi connectivity index (χ0n) is 9.26. The van der Waals surface area contributed by atoms with E-state index in [0.29, 0.717) is 18.2 Å². The van der Waals surface area contributed by atoms with Crippen molar-refractivity contribution in [2.24, 2.45) is 0 Å². The van der Waals surface area contributed by atoms with Crippen molar-refractivity contribution in [3.63, 3.8) is 0 Å². The van der Waals surface area contributed by atoms with E-state index < -0.39 is 41.0 Å². The normalized spacial score (nSPS) is 12.1. The molecule has 0 aliphatic rings. The van der Waals surface area contributed by atoms with E-state index in [4.69, 9.17) is 5.11 Å². The van der Waals surface area contributed by atoms with Gasteiger partial charge in [0.25, 0.3) is 0 Å². The lowest BCUT2D eigenvalue weighted by atomic mass is 10.2. The molecule has 0 heterocycles. The molecule has 0 bridgehead atoms. The summed E-state index contributed by atoms with van der Waals surface area (Å²) < 4.78 is 73.9. The topological polar surface area (TPSA) is 66.4 Å². The molecule has 1 rings (SSSR count). The average molecular weight is 301 g/mol. The molecule has 0 radical (unpaired) electrons. The predicted octanol–water partition coefficient (Wildman–Crippen LogP) is 2.66. The minimum absolute atomic E-state index is 0.419. The predicted molar refractivity (Wildman–Crippen MR) is 53.0 cm³/mol. The molecule has 0 unspecified atom stereocenters. The Morgan fingerprint density at radius 2 is 1.65 bits per heavy atom. The van der Waals surface area contributed by atoms with E-state index in [2.05, 4.69) is 0 Å². The van der Waals surface area contributed by atoms with E-state index in [0.717, 1.165) is 0 Å². The first-order valence-corrected chi connectivity index (χ1v) is 4.75. The molecule has 110 valence electrons. The van der Waals surface area contributed by atoms with Crippen molar-refractivity contribution in [2.45, 2.75) is 12.1 Å². The number of benzene rings is 1. The maximum absolute atomic E-state index is 13.0. The van der Waals surface area contributed by atoms with E-state index in [1.807, 2.05) is 0 Å². The average Bonchev–Trinajstić information content (AvgIpc) is 2.29. The second kappa shape index (κ2) is 5.02. The van der Waals surface area contributed by atoms with Gasteiger partial charge in [-0.25, -0.2) is 9.18 Å². The summed E-state index contributed by atoms with van der Waals surface area (Å²) in [6.45, 7) is 0. The molecule has 1 aromatic rings. The SMILES string of the molecule is O=C(O)c1cc(NC(=O)C(F)(F)C(F)(F)F)ccc1F. The zero-order valence-corrected chi connectivity index (χ0v) is 9.26. The Hall–Kier alpha value is -2.26. The van der Waals surface area contributed by atoms with Crippen LogP contribution in [0.15, 0.2) is 18.2 Å². The van der Waals surface area contributed by atoms with Crippen LogP contribution in [0.4, 0.5) is 32.0 Å².